The third-order valence-corrected chi connectivity index (χ3v) is 2.22. The molecule has 0 bridgehead atoms. The van der Waals surface area contributed by atoms with Crippen molar-refractivity contribution in [1.29, 1.82) is 0 Å². The highest BCUT2D eigenvalue weighted by Crippen LogP contribution is 2.15. The fourth-order valence-corrected chi connectivity index (χ4v) is 1.41. The summed E-state index contributed by atoms with van der Waals surface area (Å²) < 4.78 is 1.70. The van der Waals surface area contributed by atoms with E-state index in [1.54, 1.807) is 36.3 Å². The van der Waals surface area contributed by atoms with Crippen LogP contribution in [-0.4, -0.2) is 20.3 Å². The summed E-state index contributed by atoms with van der Waals surface area (Å²) in [6, 6.07) is 3.31. The van der Waals surface area contributed by atoms with Crippen LogP contribution in [0, 0.1) is 0 Å². The fourth-order valence-electron chi connectivity index (χ4n) is 1.20. The van der Waals surface area contributed by atoms with Crippen molar-refractivity contribution in [2.75, 3.05) is 0 Å². The molecule has 0 aliphatic carbocycles. The highest BCUT2D eigenvalue weighted by Gasteiger charge is 2.15. The first kappa shape index (κ1) is 9.86. The number of aromatic nitrogens is 3. The maximum Gasteiger partial charge on any atom is 0.232 e. The van der Waals surface area contributed by atoms with E-state index in [0.717, 1.165) is 0 Å². The lowest BCUT2D eigenvalue weighted by atomic mass is 10.2. The molecule has 0 fully saturated rings. The Hall–Kier alpha value is -1.68. The summed E-state index contributed by atoms with van der Waals surface area (Å²) in [7, 11) is 1.80. The number of carbonyl (C=O) groups is 1. The molecule has 76 valence electrons. The van der Waals surface area contributed by atoms with E-state index in [-0.39, 0.29) is 11.5 Å². The number of hydrogen-bond donors (Lipinski definition) is 0. The maximum atomic E-state index is 11.9. The van der Waals surface area contributed by atoms with Crippen LogP contribution in [-0.2, 0) is 7.05 Å². The van der Waals surface area contributed by atoms with E-state index in [9.17, 15) is 4.79 Å². The maximum absolute atomic E-state index is 11.9. The van der Waals surface area contributed by atoms with E-state index in [0.29, 0.717) is 10.7 Å². The highest BCUT2D eigenvalue weighted by molar-refractivity contribution is 6.34. The molecule has 0 aromatic carbocycles. The van der Waals surface area contributed by atoms with Gasteiger partial charge in [0.1, 0.15) is 11.4 Å². The van der Waals surface area contributed by atoms with Crippen molar-refractivity contribution in [3.8, 4) is 0 Å². The van der Waals surface area contributed by atoms with Gasteiger partial charge in [-0.15, -0.1) is 0 Å². The Morgan fingerprint density at radius 1 is 1.47 bits per heavy atom. The van der Waals surface area contributed by atoms with Crippen LogP contribution in [0.2, 0.25) is 5.02 Å². The van der Waals surface area contributed by atoms with Crippen LogP contribution in [0.1, 0.15) is 16.2 Å². The minimum absolute atomic E-state index is 0.234. The van der Waals surface area contributed by atoms with Crippen molar-refractivity contribution in [1.82, 2.24) is 14.5 Å². The van der Waals surface area contributed by atoms with Crippen LogP contribution in [0.15, 0.2) is 30.9 Å². The molecule has 0 radical (unpaired) electrons. The van der Waals surface area contributed by atoms with Crippen molar-refractivity contribution in [3.63, 3.8) is 0 Å². The Bertz CT molecular complexity index is 507. The van der Waals surface area contributed by atoms with E-state index in [2.05, 4.69) is 9.97 Å². The number of imidazole rings is 1. The number of ketones is 1. The highest BCUT2D eigenvalue weighted by atomic mass is 35.5. The smallest absolute Gasteiger partial charge is 0.232 e. The Morgan fingerprint density at radius 2 is 2.27 bits per heavy atom. The van der Waals surface area contributed by atoms with Crippen molar-refractivity contribution >= 4 is 17.4 Å². The van der Waals surface area contributed by atoms with Gasteiger partial charge in [0.25, 0.3) is 0 Å². The molecular formula is C10H8ClN3O. The molecule has 0 N–H and O–H groups in total. The van der Waals surface area contributed by atoms with Crippen molar-refractivity contribution in [3.05, 3.63) is 47.3 Å². The zero-order valence-corrected chi connectivity index (χ0v) is 8.77. The Morgan fingerprint density at radius 3 is 2.87 bits per heavy atom. The Kier molecular flexibility index (Phi) is 2.51. The van der Waals surface area contributed by atoms with E-state index >= 15 is 0 Å². The fraction of sp³-hybridized carbons (Fsp3) is 0.100. The van der Waals surface area contributed by atoms with Gasteiger partial charge >= 0.3 is 0 Å². The lowest BCUT2D eigenvalue weighted by Crippen LogP contribution is -2.05. The zero-order valence-electron chi connectivity index (χ0n) is 8.01. The number of pyridine rings is 1. The first-order valence-corrected chi connectivity index (χ1v) is 4.69. The second kappa shape index (κ2) is 3.82. The normalized spacial score (nSPS) is 10.3. The standard InChI is InChI=1S/C10H8ClN3O/c1-14-5-8(13-6-14)10(15)9-7(11)3-2-4-12-9/h2-6H,1H3. The van der Waals surface area contributed by atoms with Crippen LogP contribution >= 0.6 is 11.6 Å². The minimum Gasteiger partial charge on any atom is -0.340 e. The number of carbonyl (C=O) groups excluding carboxylic acids is 1. The SMILES string of the molecule is Cn1cnc(C(=O)c2ncccc2Cl)c1. The minimum atomic E-state index is -0.263. The largest absolute Gasteiger partial charge is 0.340 e. The molecule has 2 aromatic rings. The van der Waals surface area contributed by atoms with E-state index < -0.39 is 0 Å². The van der Waals surface area contributed by atoms with Crippen LogP contribution in [0.5, 0.6) is 0 Å². The molecule has 4 nitrogen and oxygen atoms in total. The molecule has 0 amide bonds. The van der Waals surface area contributed by atoms with Crippen LogP contribution in [0.3, 0.4) is 0 Å². The first-order valence-electron chi connectivity index (χ1n) is 4.31. The average molecular weight is 222 g/mol. The predicted octanol–water partition coefficient (Wildman–Crippen LogP) is 1.70. The molecule has 0 aliphatic rings. The first-order chi connectivity index (χ1) is 7.18. The molecule has 2 rings (SSSR count). The third kappa shape index (κ3) is 1.89. The quantitative estimate of drug-likeness (QED) is 0.726. The van der Waals surface area contributed by atoms with Crippen LogP contribution in [0.25, 0.3) is 0 Å². The molecule has 2 heterocycles. The van der Waals surface area contributed by atoms with Gasteiger partial charge in [-0.25, -0.2) is 4.98 Å². The molecule has 2 aromatic heterocycles. The summed E-state index contributed by atoms with van der Waals surface area (Å²) >= 11 is 5.86. The van der Waals surface area contributed by atoms with Gasteiger partial charge in [-0.2, -0.15) is 0 Å². The van der Waals surface area contributed by atoms with Crippen molar-refractivity contribution < 1.29 is 4.79 Å². The monoisotopic (exact) mass is 221 g/mol. The second-order valence-electron chi connectivity index (χ2n) is 3.09. The topological polar surface area (TPSA) is 47.8 Å². The molecule has 0 aliphatic heterocycles. The Balaban J connectivity index is 2.41. The van der Waals surface area contributed by atoms with Gasteiger partial charge in [-0.1, -0.05) is 11.6 Å². The van der Waals surface area contributed by atoms with Crippen LogP contribution in [0.4, 0.5) is 0 Å². The summed E-state index contributed by atoms with van der Waals surface area (Å²) in [5.74, 6) is -0.263. The Labute approximate surface area is 91.5 Å². The van der Waals surface area contributed by atoms with E-state index in [1.165, 1.54) is 6.20 Å². The zero-order chi connectivity index (χ0) is 10.8. The number of nitrogens with zero attached hydrogens (tertiary/aromatic N) is 3. The second-order valence-corrected chi connectivity index (χ2v) is 3.49. The van der Waals surface area contributed by atoms with Crippen LogP contribution < -0.4 is 0 Å². The third-order valence-electron chi connectivity index (χ3n) is 1.91. The van der Waals surface area contributed by atoms with Crippen molar-refractivity contribution in [2.24, 2.45) is 7.05 Å². The molecule has 15 heavy (non-hydrogen) atoms. The van der Waals surface area contributed by atoms with Gasteiger partial charge in [-0.3, -0.25) is 9.78 Å². The summed E-state index contributed by atoms with van der Waals surface area (Å²) in [6.07, 6.45) is 4.72. The number of hydrogen-bond acceptors (Lipinski definition) is 3. The summed E-state index contributed by atoms with van der Waals surface area (Å²) in [4.78, 5) is 19.7. The lowest BCUT2D eigenvalue weighted by Gasteiger charge is -1.98. The molecule has 0 saturated carbocycles. The lowest BCUT2D eigenvalue weighted by molar-refractivity contribution is 0.103. The van der Waals surface area contributed by atoms with Crippen molar-refractivity contribution in [2.45, 2.75) is 0 Å². The molecule has 0 atom stereocenters. The summed E-state index contributed by atoms with van der Waals surface area (Å²) in [5.41, 5.74) is 0.580. The number of rotatable bonds is 2. The van der Waals surface area contributed by atoms with Gasteiger partial charge in [-0.05, 0) is 12.1 Å². The van der Waals surface area contributed by atoms with Gasteiger partial charge in [0.15, 0.2) is 0 Å². The van der Waals surface area contributed by atoms with Gasteiger partial charge in [0.05, 0.1) is 11.3 Å². The molecule has 0 saturated heterocycles. The average Bonchev–Trinajstić information content (AvgIpc) is 2.65. The number of aryl methyl sites for hydroxylation is 1. The summed E-state index contributed by atoms with van der Waals surface area (Å²) in [6.45, 7) is 0. The van der Waals surface area contributed by atoms with Gasteiger partial charge in [0, 0.05) is 19.4 Å². The molecule has 0 spiro atoms. The van der Waals surface area contributed by atoms with E-state index in [4.69, 9.17) is 11.6 Å². The summed E-state index contributed by atoms with van der Waals surface area (Å²) in [5, 5.41) is 0.341. The predicted molar refractivity (Wildman–Crippen MR) is 55.9 cm³/mol. The molecule has 0 unspecified atom stereocenters. The molecular weight excluding hydrogens is 214 g/mol. The molecule has 5 heteroatoms. The number of halogens is 1. The van der Waals surface area contributed by atoms with Gasteiger partial charge in [0.2, 0.25) is 5.78 Å². The van der Waals surface area contributed by atoms with E-state index in [1.807, 2.05) is 0 Å². The van der Waals surface area contributed by atoms with Gasteiger partial charge < -0.3 is 4.57 Å².